The van der Waals surface area contributed by atoms with Crippen molar-refractivity contribution in [2.75, 3.05) is 0 Å². The van der Waals surface area contributed by atoms with Crippen LogP contribution < -0.4 is 5.73 Å². The van der Waals surface area contributed by atoms with Crippen LogP contribution in [0.4, 0.5) is 0 Å². The Kier molecular flexibility index (Phi) is 4.03. The summed E-state index contributed by atoms with van der Waals surface area (Å²) in [6.07, 6.45) is 1.70. The quantitative estimate of drug-likeness (QED) is 0.786. The summed E-state index contributed by atoms with van der Waals surface area (Å²) in [6.45, 7) is 5.06. The number of nitrogens with two attached hydrogens (primary N) is 1. The van der Waals surface area contributed by atoms with Gasteiger partial charge in [0.1, 0.15) is 0 Å². The van der Waals surface area contributed by atoms with Crippen LogP contribution in [0, 0.1) is 0 Å². The summed E-state index contributed by atoms with van der Waals surface area (Å²) in [4.78, 5) is 4.67. The third-order valence-electron chi connectivity index (χ3n) is 3.64. The Balaban J connectivity index is 1.85. The van der Waals surface area contributed by atoms with E-state index in [-0.39, 0.29) is 6.04 Å². The van der Waals surface area contributed by atoms with E-state index in [4.69, 9.17) is 5.73 Å². The maximum Gasteiger partial charge on any atom is 0.0958 e. The van der Waals surface area contributed by atoms with E-state index >= 15 is 0 Å². The van der Waals surface area contributed by atoms with Crippen molar-refractivity contribution in [2.45, 2.75) is 39.3 Å². The molecule has 0 spiro atoms. The summed E-state index contributed by atoms with van der Waals surface area (Å²) in [5.41, 5.74) is 9.67. The van der Waals surface area contributed by atoms with Crippen LogP contribution in [0.1, 0.15) is 36.3 Å². The van der Waals surface area contributed by atoms with E-state index in [0.717, 1.165) is 41.3 Å². The SMILES string of the molecule is CCc1cc(C(N)Cc2nc3ccccc3s2)n(CC)n1. The summed E-state index contributed by atoms with van der Waals surface area (Å²) in [7, 11) is 0. The van der Waals surface area contributed by atoms with Gasteiger partial charge in [-0.2, -0.15) is 5.10 Å². The first-order valence-electron chi connectivity index (χ1n) is 7.38. The summed E-state index contributed by atoms with van der Waals surface area (Å²) in [5.74, 6) is 0. The minimum absolute atomic E-state index is 0.0571. The first kappa shape index (κ1) is 14.2. The van der Waals surface area contributed by atoms with Gasteiger partial charge in [-0.05, 0) is 31.5 Å². The van der Waals surface area contributed by atoms with Crippen molar-refractivity contribution in [3.63, 3.8) is 0 Å². The molecule has 0 aliphatic heterocycles. The van der Waals surface area contributed by atoms with Crippen LogP contribution in [0.15, 0.2) is 30.3 Å². The van der Waals surface area contributed by atoms with Crippen LogP contribution in [-0.2, 0) is 19.4 Å². The van der Waals surface area contributed by atoms with Gasteiger partial charge in [-0.1, -0.05) is 19.1 Å². The third-order valence-corrected chi connectivity index (χ3v) is 4.69. The number of thiazole rings is 1. The van der Waals surface area contributed by atoms with Crippen molar-refractivity contribution in [1.82, 2.24) is 14.8 Å². The highest BCUT2D eigenvalue weighted by molar-refractivity contribution is 7.18. The van der Waals surface area contributed by atoms with Gasteiger partial charge in [0.05, 0.1) is 32.7 Å². The molecular formula is C16H20N4S. The molecule has 1 atom stereocenters. The zero-order chi connectivity index (χ0) is 14.8. The highest BCUT2D eigenvalue weighted by Crippen LogP contribution is 2.25. The second kappa shape index (κ2) is 5.95. The summed E-state index contributed by atoms with van der Waals surface area (Å²) >= 11 is 1.73. The number of para-hydroxylation sites is 1. The van der Waals surface area contributed by atoms with E-state index in [1.54, 1.807) is 11.3 Å². The second-order valence-corrected chi connectivity index (χ2v) is 6.23. The maximum absolute atomic E-state index is 6.40. The van der Waals surface area contributed by atoms with Gasteiger partial charge in [0.25, 0.3) is 0 Å². The molecule has 0 fully saturated rings. The molecule has 3 rings (SSSR count). The molecule has 2 heterocycles. The number of aromatic nitrogens is 3. The molecule has 1 aromatic carbocycles. The molecule has 0 aliphatic carbocycles. The third kappa shape index (κ3) is 2.84. The first-order valence-corrected chi connectivity index (χ1v) is 8.19. The fourth-order valence-corrected chi connectivity index (χ4v) is 3.54. The van der Waals surface area contributed by atoms with E-state index < -0.39 is 0 Å². The highest BCUT2D eigenvalue weighted by Gasteiger charge is 2.16. The molecule has 0 amide bonds. The smallest absolute Gasteiger partial charge is 0.0958 e. The number of fused-ring (bicyclic) bond motifs is 1. The van der Waals surface area contributed by atoms with Crippen molar-refractivity contribution in [2.24, 2.45) is 5.73 Å². The Hall–Kier alpha value is -1.72. The lowest BCUT2D eigenvalue weighted by molar-refractivity contribution is 0.564. The molecule has 0 bridgehead atoms. The minimum atomic E-state index is -0.0571. The number of benzene rings is 1. The van der Waals surface area contributed by atoms with Crippen LogP contribution in [0.25, 0.3) is 10.2 Å². The molecule has 0 saturated heterocycles. The Bertz CT molecular complexity index is 711. The predicted octanol–water partition coefficient (Wildman–Crippen LogP) is 3.32. The van der Waals surface area contributed by atoms with Gasteiger partial charge in [0, 0.05) is 13.0 Å². The Labute approximate surface area is 128 Å². The van der Waals surface area contributed by atoms with Gasteiger partial charge >= 0.3 is 0 Å². The molecule has 1 unspecified atom stereocenters. The average Bonchev–Trinajstić information content (AvgIpc) is 3.09. The first-order chi connectivity index (χ1) is 10.2. The van der Waals surface area contributed by atoms with Crippen LogP contribution in [0.3, 0.4) is 0 Å². The van der Waals surface area contributed by atoms with Crippen molar-refractivity contribution in [3.8, 4) is 0 Å². The molecule has 0 radical (unpaired) electrons. The van der Waals surface area contributed by atoms with E-state index in [0.29, 0.717) is 0 Å². The zero-order valence-electron chi connectivity index (χ0n) is 12.4. The molecular weight excluding hydrogens is 280 g/mol. The Morgan fingerprint density at radius 1 is 1.29 bits per heavy atom. The number of aryl methyl sites for hydroxylation is 2. The van der Waals surface area contributed by atoms with Crippen LogP contribution in [0.5, 0.6) is 0 Å². The van der Waals surface area contributed by atoms with Crippen LogP contribution in [-0.4, -0.2) is 14.8 Å². The minimum Gasteiger partial charge on any atom is -0.322 e. The van der Waals surface area contributed by atoms with E-state index in [2.05, 4.69) is 36.1 Å². The maximum atomic E-state index is 6.40. The fourth-order valence-electron chi connectivity index (χ4n) is 2.51. The highest BCUT2D eigenvalue weighted by atomic mass is 32.1. The molecule has 21 heavy (non-hydrogen) atoms. The van der Waals surface area contributed by atoms with Crippen molar-refractivity contribution in [3.05, 3.63) is 46.7 Å². The normalized spacial score (nSPS) is 12.9. The summed E-state index contributed by atoms with van der Waals surface area (Å²) < 4.78 is 3.23. The zero-order valence-corrected chi connectivity index (χ0v) is 13.2. The van der Waals surface area contributed by atoms with Crippen LogP contribution >= 0.6 is 11.3 Å². The lowest BCUT2D eigenvalue weighted by Crippen LogP contribution is -2.18. The van der Waals surface area contributed by atoms with Gasteiger partial charge in [0.15, 0.2) is 0 Å². The molecule has 3 aromatic rings. The lowest BCUT2D eigenvalue weighted by Gasteiger charge is -2.11. The number of rotatable bonds is 5. The van der Waals surface area contributed by atoms with Gasteiger partial charge in [0.2, 0.25) is 0 Å². The monoisotopic (exact) mass is 300 g/mol. The number of nitrogens with zero attached hydrogens (tertiary/aromatic N) is 3. The van der Waals surface area contributed by atoms with Crippen LogP contribution in [0.2, 0.25) is 0 Å². The van der Waals surface area contributed by atoms with Crippen molar-refractivity contribution in [1.29, 1.82) is 0 Å². The topological polar surface area (TPSA) is 56.7 Å². The van der Waals surface area contributed by atoms with Crippen molar-refractivity contribution >= 4 is 21.6 Å². The molecule has 2 aromatic heterocycles. The van der Waals surface area contributed by atoms with E-state index in [9.17, 15) is 0 Å². The molecule has 4 nitrogen and oxygen atoms in total. The standard InChI is InChI=1S/C16H20N4S/c1-3-11-9-14(20(4-2)19-11)12(17)10-16-18-13-7-5-6-8-15(13)21-16/h5-9,12H,3-4,10,17H2,1-2H3. The summed E-state index contributed by atoms with van der Waals surface area (Å²) in [5, 5.41) is 5.66. The number of hydrogen-bond acceptors (Lipinski definition) is 4. The molecule has 5 heteroatoms. The summed E-state index contributed by atoms with van der Waals surface area (Å²) in [6, 6.07) is 10.3. The second-order valence-electron chi connectivity index (χ2n) is 5.12. The fraction of sp³-hybridized carbons (Fsp3) is 0.375. The van der Waals surface area contributed by atoms with Gasteiger partial charge in [-0.3, -0.25) is 4.68 Å². The van der Waals surface area contributed by atoms with Gasteiger partial charge in [-0.15, -0.1) is 11.3 Å². The molecule has 0 aliphatic rings. The van der Waals surface area contributed by atoms with Gasteiger partial charge < -0.3 is 5.73 Å². The van der Waals surface area contributed by atoms with E-state index in [1.807, 2.05) is 22.9 Å². The lowest BCUT2D eigenvalue weighted by atomic mass is 10.1. The molecule has 110 valence electrons. The van der Waals surface area contributed by atoms with E-state index in [1.165, 1.54) is 4.70 Å². The predicted molar refractivity (Wildman–Crippen MR) is 87.5 cm³/mol. The average molecular weight is 300 g/mol. The molecule has 2 N–H and O–H groups in total. The van der Waals surface area contributed by atoms with Crippen molar-refractivity contribution < 1.29 is 0 Å². The largest absolute Gasteiger partial charge is 0.322 e. The number of hydrogen-bond donors (Lipinski definition) is 1. The Morgan fingerprint density at radius 2 is 2.10 bits per heavy atom. The molecule has 0 saturated carbocycles. The van der Waals surface area contributed by atoms with Gasteiger partial charge in [-0.25, -0.2) is 4.98 Å². The Morgan fingerprint density at radius 3 is 2.81 bits per heavy atom.